The predicted octanol–water partition coefficient (Wildman–Crippen LogP) is 1.87. The molecule has 0 aliphatic rings. The minimum atomic E-state index is 0.406. The van der Waals surface area contributed by atoms with Crippen molar-refractivity contribution in [3.05, 3.63) is 29.7 Å². The number of ether oxygens (including phenoxy) is 2. The van der Waals surface area contributed by atoms with Gasteiger partial charge in [0, 0.05) is 18.3 Å². The standard InChI is InChI=1S/C14H19N3O2/c1-9-14(16-13(8-15)17(9)2)11-7-10(18-3)5-6-12(11)19-4/h5-7H,8,15H2,1-4H3. The summed E-state index contributed by atoms with van der Waals surface area (Å²) in [5.41, 5.74) is 8.53. The van der Waals surface area contributed by atoms with Gasteiger partial charge in [0.2, 0.25) is 0 Å². The van der Waals surface area contributed by atoms with Gasteiger partial charge in [-0.1, -0.05) is 0 Å². The van der Waals surface area contributed by atoms with E-state index in [1.807, 2.05) is 36.7 Å². The number of hydrogen-bond donors (Lipinski definition) is 1. The van der Waals surface area contributed by atoms with Gasteiger partial charge in [-0.15, -0.1) is 0 Å². The maximum absolute atomic E-state index is 5.70. The number of benzene rings is 1. The molecule has 1 aromatic carbocycles. The summed E-state index contributed by atoms with van der Waals surface area (Å²) in [5, 5.41) is 0. The number of rotatable bonds is 4. The van der Waals surface area contributed by atoms with Gasteiger partial charge >= 0.3 is 0 Å². The number of aromatic nitrogens is 2. The lowest BCUT2D eigenvalue weighted by Gasteiger charge is -2.09. The highest BCUT2D eigenvalue weighted by Crippen LogP contribution is 2.34. The van der Waals surface area contributed by atoms with Gasteiger partial charge in [-0.3, -0.25) is 0 Å². The highest BCUT2D eigenvalue weighted by molar-refractivity contribution is 5.71. The zero-order chi connectivity index (χ0) is 14.0. The lowest BCUT2D eigenvalue weighted by atomic mass is 10.1. The van der Waals surface area contributed by atoms with Gasteiger partial charge in [0.1, 0.15) is 17.3 Å². The smallest absolute Gasteiger partial charge is 0.128 e. The Morgan fingerprint density at radius 3 is 2.53 bits per heavy atom. The van der Waals surface area contributed by atoms with E-state index in [9.17, 15) is 0 Å². The molecule has 0 aliphatic carbocycles. The molecule has 0 radical (unpaired) electrons. The van der Waals surface area contributed by atoms with E-state index in [0.29, 0.717) is 6.54 Å². The van der Waals surface area contributed by atoms with Crippen LogP contribution in [-0.2, 0) is 13.6 Å². The summed E-state index contributed by atoms with van der Waals surface area (Å²) < 4.78 is 12.7. The van der Waals surface area contributed by atoms with Crippen molar-refractivity contribution in [1.82, 2.24) is 9.55 Å². The first-order valence-corrected chi connectivity index (χ1v) is 6.07. The Balaban J connectivity index is 2.63. The summed E-state index contributed by atoms with van der Waals surface area (Å²) in [6.07, 6.45) is 0. The van der Waals surface area contributed by atoms with E-state index in [1.54, 1.807) is 14.2 Å². The van der Waals surface area contributed by atoms with Crippen LogP contribution < -0.4 is 15.2 Å². The molecule has 0 fully saturated rings. The molecule has 2 aromatic rings. The predicted molar refractivity (Wildman–Crippen MR) is 74.4 cm³/mol. The molecule has 0 saturated heterocycles. The first-order chi connectivity index (χ1) is 9.12. The molecule has 0 unspecified atom stereocenters. The van der Waals surface area contributed by atoms with Gasteiger partial charge in [-0.25, -0.2) is 4.98 Å². The molecule has 2 N–H and O–H groups in total. The molecular formula is C14H19N3O2. The van der Waals surface area contributed by atoms with Crippen molar-refractivity contribution in [2.24, 2.45) is 12.8 Å². The summed E-state index contributed by atoms with van der Waals surface area (Å²) in [5.74, 6) is 2.39. The van der Waals surface area contributed by atoms with Crippen LogP contribution in [0.25, 0.3) is 11.3 Å². The second-order valence-corrected chi connectivity index (χ2v) is 4.29. The average molecular weight is 261 g/mol. The molecule has 102 valence electrons. The molecule has 0 aliphatic heterocycles. The summed E-state index contributed by atoms with van der Waals surface area (Å²) in [7, 11) is 5.25. The molecule has 0 amide bonds. The topological polar surface area (TPSA) is 62.3 Å². The minimum absolute atomic E-state index is 0.406. The van der Waals surface area contributed by atoms with Crippen LogP contribution in [0.4, 0.5) is 0 Å². The number of nitrogens with two attached hydrogens (primary N) is 1. The van der Waals surface area contributed by atoms with Crippen LogP contribution in [0, 0.1) is 6.92 Å². The van der Waals surface area contributed by atoms with Gasteiger partial charge in [0.15, 0.2) is 0 Å². The van der Waals surface area contributed by atoms with Gasteiger partial charge in [0.05, 0.1) is 26.5 Å². The molecule has 1 aromatic heterocycles. The molecule has 0 bridgehead atoms. The van der Waals surface area contributed by atoms with Crippen molar-refractivity contribution in [1.29, 1.82) is 0 Å². The quantitative estimate of drug-likeness (QED) is 0.912. The Bertz CT molecular complexity index is 591. The highest BCUT2D eigenvalue weighted by Gasteiger charge is 2.16. The third-order valence-electron chi connectivity index (χ3n) is 3.32. The first kappa shape index (κ1) is 13.4. The van der Waals surface area contributed by atoms with Crippen LogP contribution in [0.3, 0.4) is 0 Å². The molecule has 0 saturated carbocycles. The fourth-order valence-electron chi connectivity index (χ4n) is 2.07. The summed E-state index contributed by atoms with van der Waals surface area (Å²) in [6.45, 7) is 2.42. The Morgan fingerprint density at radius 2 is 2.00 bits per heavy atom. The van der Waals surface area contributed by atoms with Crippen molar-refractivity contribution in [3.63, 3.8) is 0 Å². The zero-order valence-electron chi connectivity index (χ0n) is 11.7. The van der Waals surface area contributed by atoms with Crippen LogP contribution in [-0.4, -0.2) is 23.8 Å². The normalized spacial score (nSPS) is 10.6. The fourth-order valence-corrected chi connectivity index (χ4v) is 2.07. The molecule has 2 rings (SSSR count). The lowest BCUT2D eigenvalue weighted by Crippen LogP contribution is -2.05. The minimum Gasteiger partial charge on any atom is -0.497 e. The third-order valence-corrected chi connectivity index (χ3v) is 3.32. The maximum atomic E-state index is 5.70. The van der Waals surface area contributed by atoms with E-state index in [1.165, 1.54) is 0 Å². The monoisotopic (exact) mass is 261 g/mol. The van der Waals surface area contributed by atoms with Gasteiger partial charge in [-0.2, -0.15) is 0 Å². The van der Waals surface area contributed by atoms with E-state index >= 15 is 0 Å². The zero-order valence-corrected chi connectivity index (χ0v) is 11.7. The van der Waals surface area contributed by atoms with E-state index in [0.717, 1.165) is 34.3 Å². The second kappa shape index (κ2) is 5.32. The Labute approximate surface area is 113 Å². The van der Waals surface area contributed by atoms with Crippen molar-refractivity contribution in [3.8, 4) is 22.8 Å². The molecule has 0 atom stereocenters. The SMILES string of the molecule is COc1ccc(OC)c(-c2nc(CN)n(C)c2C)c1. The first-order valence-electron chi connectivity index (χ1n) is 6.07. The number of nitrogens with zero attached hydrogens (tertiary/aromatic N) is 2. The van der Waals surface area contributed by atoms with E-state index in [-0.39, 0.29) is 0 Å². The summed E-state index contributed by atoms with van der Waals surface area (Å²) >= 11 is 0. The van der Waals surface area contributed by atoms with Gasteiger partial charge in [-0.05, 0) is 25.1 Å². The Morgan fingerprint density at radius 1 is 1.26 bits per heavy atom. The van der Waals surface area contributed by atoms with Crippen molar-refractivity contribution < 1.29 is 9.47 Å². The van der Waals surface area contributed by atoms with E-state index < -0.39 is 0 Å². The van der Waals surface area contributed by atoms with Crippen molar-refractivity contribution in [2.75, 3.05) is 14.2 Å². The van der Waals surface area contributed by atoms with Crippen LogP contribution in [0.1, 0.15) is 11.5 Å². The lowest BCUT2D eigenvalue weighted by molar-refractivity contribution is 0.404. The van der Waals surface area contributed by atoms with Crippen LogP contribution in [0.2, 0.25) is 0 Å². The summed E-state index contributed by atoms with van der Waals surface area (Å²) in [6, 6.07) is 5.67. The van der Waals surface area contributed by atoms with E-state index in [4.69, 9.17) is 15.2 Å². The largest absolute Gasteiger partial charge is 0.497 e. The molecule has 1 heterocycles. The van der Waals surface area contributed by atoms with Crippen LogP contribution >= 0.6 is 0 Å². The van der Waals surface area contributed by atoms with Gasteiger partial charge < -0.3 is 19.8 Å². The number of hydrogen-bond acceptors (Lipinski definition) is 4. The van der Waals surface area contributed by atoms with Crippen molar-refractivity contribution in [2.45, 2.75) is 13.5 Å². The molecule has 5 heteroatoms. The maximum Gasteiger partial charge on any atom is 0.128 e. The molecule has 19 heavy (non-hydrogen) atoms. The van der Waals surface area contributed by atoms with Crippen LogP contribution in [0.15, 0.2) is 18.2 Å². The van der Waals surface area contributed by atoms with Crippen molar-refractivity contribution >= 4 is 0 Å². The number of imidazole rings is 1. The van der Waals surface area contributed by atoms with E-state index in [2.05, 4.69) is 4.98 Å². The van der Waals surface area contributed by atoms with Crippen LogP contribution in [0.5, 0.6) is 11.5 Å². The Kier molecular flexibility index (Phi) is 3.76. The molecular weight excluding hydrogens is 242 g/mol. The third kappa shape index (κ3) is 2.29. The highest BCUT2D eigenvalue weighted by atomic mass is 16.5. The number of methoxy groups -OCH3 is 2. The van der Waals surface area contributed by atoms with Gasteiger partial charge in [0.25, 0.3) is 0 Å². The summed E-state index contributed by atoms with van der Waals surface area (Å²) in [4.78, 5) is 4.58. The molecule has 0 spiro atoms. The second-order valence-electron chi connectivity index (χ2n) is 4.29. The fraction of sp³-hybridized carbons (Fsp3) is 0.357. The molecule has 5 nitrogen and oxygen atoms in total. The average Bonchev–Trinajstić information content (AvgIpc) is 2.74. The Hall–Kier alpha value is -2.01.